The first-order valence-electron chi connectivity index (χ1n) is 7.73. The van der Waals surface area contributed by atoms with Crippen LogP contribution in [-0.4, -0.2) is 32.6 Å². The van der Waals surface area contributed by atoms with Gasteiger partial charge in [0.2, 0.25) is 5.75 Å². The molecule has 0 aliphatic carbocycles. The Hall–Kier alpha value is -3.47. The molecule has 0 saturated carbocycles. The fourth-order valence-corrected chi connectivity index (χ4v) is 3.10. The first kappa shape index (κ1) is 19.3. The van der Waals surface area contributed by atoms with Crippen molar-refractivity contribution in [1.82, 2.24) is 5.32 Å². The number of nitrogens with zero attached hydrogens (tertiary/aromatic N) is 1. The highest BCUT2D eigenvalue weighted by atomic mass is 32.2. The van der Waals surface area contributed by atoms with E-state index in [0.29, 0.717) is 5.56 Å². The van der Waals surface area contributed by atoms with Gasteiger partial charge < -0.3 is 13.9 Å². The molecule has 0 saturated heterocycles. The Bertz CT molecular complexity index is 1200. The molecule has 146 valence electrons. The lowest BCUT2D eigenvalue weighted by atomic mass is 10.0. The molecule has 1 heterocycles. The highest BCUT2D eigenvalue weighted by Crippen LogP contribution is 2.40. The number of hydrogen-bond donors (Lipinski definition) is 1. The molecule has 28 heavy (non-hydrogen) atoms. The van der Waals surface area contributed by atoms with Crippen LogP contribution in [-0.2, 0) is 10.1 Å². The molecular weight excluding hydrogens is 395 g/mol. The number of rotatable bonds is 5. The maximum atomic E-state index is 13.2. The van der Waals surface area contributed by atoms with Crippen LogP contribution >= 0.6 is 0 Å². The Morgan fingerprint density at radius 3 is 2.43 bits per heavy atom. The molecule has 0 spiro atoms. The second-order valence-electron chi connectivity index (χ2n) is 5.75. The van der Waals surface area contributed by atoms with Gasteiger partial charge in [-0.05, 0) is 24.3 Å². The third-order valence-electron chi connectivity index (χ3n) is 3.77. The molecule has 2 aromatic carbocycles. The fraction of sp³-hybridized carbons (Fsp3) is 0.118. The molecule has 0 atom stereocenters. The monoisotopic (exact) mass is 408 g/mol. The van der Waals surface area contributed by atoms with Crippen molar-refractivity contribution in [1.29, 1.82) is 0 Å². The van der Waals surface area contributed by atoms with Gasteiger partial charge in [0.15, 0.2) is 0 Å². The zero-order chi connectivity index (χ0) is 20.6. The number of carbonyl (C=O) groups is 1. The Balaban J connectivity index is 2.35. The lowest BCUT2D eigenvalue weighted by Gasteiger charge is -2.05. The predicted molar refractivity (Wildman–Crippen MR) is 97.1 cm³/mol. The van der Waals surface area contributed by atoms with Crippen LogP contribution in [0.5, 0.6) is 5.75 Å². The van der Waals surface area contributed by atoms with Gasteiger partial charge in [-0.1, -0.05) is 0 Å². The van der Waals surface area contributed by atoms with Crippen molar-refractivity contribution >= 4 is 32.7 Å². The number of furan rings is 1. The van der Waals surface area contributed by atoms with Gasteiger partial charge in [-0.3, -0.25) is 14.9 Å². The molecule has 0 fully saturated rings. The van der Waals surface area contributed by atoms with E-state index in [1.165, 1.54) is 19.2 Å². The van der Waals surface area contributed by atoms with Crippen molar-refractivity contribution in [3.8, 4) is 17.1 Å². The molecular formula is C17H13FN2O7S. The van der Waals surface area contributed by atoms with E-state index < -0.39 is 38.2 Å². The average molecular weight is 408 g/mol. The largest absolute Gasteiger partial charge is 0.455 e. The van der Waals surface area contributed by atoms with E-state index in [0.717, 1.165) is 30.5 Å². The molecule has 9 nitrogen and oxygen atoms in total. The summed E-state index contributed by atoms with van der Waals surface area (Å²) >= 11 is 0. The van der Waals surface area contributed by atoms with E-state index in [1.807, 2.05) is 0 Å². The molecule has 0 aliphatic heterocycles. The number of hydrogen-bond acceptors (Lipinski definition) is 7. The number of halogens is 1. The maximum Gasteiger partial charge on any atom is 0.316 e. The summed E-state index contributed by atoms with van der Waals surface area (Å²) in [6.07, 6.45) is 0.736. The molecule has 0 radical (unpaired) electrons. The first-order chi connectivity index (χ1) is 13.1. The quantitative estimate of drug-likeness (QED) is 0.390. The summed E-state index contributed by atoms with van der Waals surface area (Å²) in [6.45, 7) is 0. The van der Waals surface area contributed by atoms with Crippen LogP contribution in [0, 0.1) is 15.9 Å². The van der Waals surface area contributed by atoms with E-state index in [9.17, 15) is 27.7 Å². The molecule has 11 heteroatoms. The van der Waals surface area contributed by atoms with Crippen LogP contribution in [0.15, 0.2) is 40.8 Å². The first-order valence-corrected chi connectivity index (χ1v) is 9.55. The van der Waals surface area contributed by atoms with Gasteiger partial charge >= 0.3 is 15.8 Å². The molecule has 0 aliphatic rings. The molecule has 3 rings (SSSR count). The van der Waals surface area contributed by atoms with Crippen molar-refractivity contribution in [2.24, 2.45) is 0 Å². The van der Waals surface area contributed by atoms with Crippen molar-refractivity contribution in [2.75, 3.05) is 13.3 Å². The Kier molecular flexibility index (Phi) is 4.77. The lowest BCUT2D eigenvalue weighted by molar-refractivity contribution is -0.385. The van der Waals surface area contributed by atoms with Crippen molar-refractivity contribution in [3.05, 3.63) is 57.9 Å². The van der Waals surface area contributed by atoms with E-state index in [2.05, 4.69) is 5.32 Å². The van der Waals surface area contributed by atoms with Gasteiger partial charge in [-0.2, -0.15) is 8.42 Å². The molecule has 1 N–H and O–H groups in total. The normalized spacial score (nSPS) is 11.4. The third-order valence-corrected chi connectivity index (χ3v) is 4.25. The number of nitro groups is 1. The highest BCUT2D eigenvalue weighted by molar-refractivity contribution is 7.86. The molecule has 0 unspecified atom stereocenters. The van der Waals surface area contributed by atoms with Crippen molar-refractivity contribution in [3.63, 3.8) is 0 Å². The summed E-state index contributed by atoms with van der Waals surface area (Å²) in [5, 5.41) is 13.8. The number of amides is 1. The third kappa shape index (κ3) is 3.64. The van der Waals surface area contributed by atoms with E-state index >= 15 is 0 Å². The van der Waals surface area contributed by atoms with E-state index in [-0.39, 0.29) is 22.3 Å². The van der Waals surface area contributed by atoms with Crippen molar-refractivity contribution < 1.29 is 31.1 Å². The van der Waals surface area contributed by atoms with Gasteiger partial charge in [0, 0.05) is 24.1 Å². The minimum absolute atomic E-state index is 0.00245. The van der Waals surface area contributed by atoms with Gasteiger partial charge in [0.1, 0.15) is 17.2 Å². The minimum atomic E-state index is -4.07. The SMILES string of the molecule is CNC(=O)c1c(-c2ccc(F)cc2)oc2cc([N+](=O)[O-])c(OS(C)(=O)=O)cc12. The van der Waals surface area contributed by atoms with Crippen molar-refractivity contribution in [2.45, 2.75) is 0 Å². The summed E-state index contributed by atoms with van der Waals surface area (Å²) < 4.78 is 46.5. The van der Waals surface area contributed by atoms with E-state index in [1.54, 1.807) is 0 Å². The van der Waals surface area contributed by atoms with Crippen LogP contribution in [0.4, 0.5) is 10.1 Å². The smallest absolute Gasteiger partial charge is 0.316 e. The second kappa shape index (κ2) is 6.93. The maximum absolute atomic E-state index is 13.2. The van der Waals surface area contributed by atoms with Gasteiger partial charge in [0.05, 0.1) is 22.8 Å². The zero-order valence-electron chi connectivity index (χ0n) is 14.6. The summed E-state index contributed by atoms with van der Waals surface area (Å²) in [4.78, 5) is 22.9. The van der Waals surface area contributed by atoms with Crippen LogP contribution in [0.2, 0.25) is 0 Å². The molecule has 1 aromatic heterocycles. The molecule has 1 amide bonds. The fourth-order valence-electron chi connectivity index (χ4n) is 2.64. The second-order valence-corrected chi connectivity index (χ2v) is 7.33. The van der Waals surface area contributed by atoms with Gasteiger partial charge in [-0.25, -0.2) is 4.39 Å². The Labute approximate surface area is 158 Å². The average Bonchev–Trinajstić information content (AvgIpc) is 2.97. The minimum Gasteiger partial charge on any atom is -0.455 e. The number of nitro benzene ring substituents is 1. The van der Waals surface area contributed by atoms with Gasteiger partial charge in [-0.15, -0.1) is 0 Å². The van der Waals surface area contributed by atoms with Crippen LogP contribution in [0.3, 0.4) is 0 Å². The lowest BCUT2D eigenvalue weighted by Crippen LogP contribution is -2.18. The predicted octanol–water partition coefficient (Wildman–Crippen LogP) is 2.85. The number of nitrogens with one attached hydrogen (secondary N) is 1. The number of carbonyl (C=O) groups excluding carboxylic acids is 1. The highest BCUT2D eigenvalue weighted by Gasteiger charge is 2.27. The Morgan fingerprint density at radius 2 is 1.89 bits per heavy atom. The number of benzene rings is 2. The van der Waals surface area contributed by atoms with Gasteiger partial charge in [0.25, 0.3) is 5.91 Å². The number of fused-ring (bicyclic) bond motifs is 1. The summed E-state index contributed by atoms with van der Waals surface area (Å²) in [7, 11) is -2.70. The topological polar surface area (TPSA) is 129 Å². The zero-order valence-corrected chi connectivity index (χ0v) is 15.4. The standard InChI is InChI=1S/C17H13FN2O7S/c1-19-17(21)15-11-7-14(27-28(2,24)25)12(20(22)23)8-13(11)26-16(15)9-3-5-10(18)6-4-9/h3-8H,1-2H3,(H,19,21). The summed E-state index contributed by atoms with van der Waals surface area (Å²) in [5.74, 6) is -1.60. The van der Waals surface area contributed by atoms with Crippen LogP contribution in [0.1, 0.15) is 10.4 Å². The van der Waals surface area contributed by atoms with E-state index in [4.69, 9.17) is 8.60 Å². The Morgan fingerprint density at radius 1 is 1.25 bits per heavy atom. The summed E-state index contributed by atoms with van der Waals surface area (Å²) in [6, 6.07) is 7.10. The molecule has 3 aromatic rings. The molecule has 0 bridgehead atoms. The van der Waals surface area contributed by atoms with Crippen LogP contribution < -0.4 is 9.50 Å². The van der Waals surface area contributed by atoms with Crippen LogP contribution in [0.25, 0.3) is 22.3 Å². The summed E-state index contributed by atoms with van der Waals surface area (Å²) in [5.41, 5.74) is -0.340.